The van der Waals surface area contributed by atoms with E-state index in [4.69, 9.17) is 11.5 Å². The largest absolute Gasteiger partial charge is 0.438 e. The van der Waals surface area contributed by atoms with Crippen molar-refractivity contribution in [3.63, 3.8) is 0 Å². The van der Waals surface area contributed by atoms with Crippen LogP contribution in [-0.4, -0.2) is 21.8 Å². The number of carbonyl (C=O) groups is 2. The van der Waals surface area contributed by atoms with Gasteiger partial charge in [0.05, 0.1) is 12.4 Å². The molecule has 17 heavy (non-hydrogen) atoms. The Hall–Kier alpha value is -2.35. The third kappa shape index (κ3) is 4.80. The molecule has 0 atom stereocenters. The number of carbonyl (C=O) groups excluding carboxylic acids is 2. The Morgan fingerprint density at radius 3 is 1.41 bits per heavy atom. The molecule has 8 nitrogen and oxygen atoms in total. The van der Waals surface area contributed by atoms with Gasteiger partial charge in [0, 0.05) is 0 Å². The number of oxazole rings is 2. The second-order valence-electron chi connectivity index (χ2n) is 2.46. The van der Waals surface area contributed by atoms with E-state index in [0.717, 1.165) is 12.8 Å². The van der Waals surface area contributed by atoms with Crippen LogP contribution < -0.4 is 11.5 Å². The van der Waals surface area contributed by atoms with Gasteiger partial charge in [-0.25, -0.2) is 9.97 Å². The first kappa shape index (κ1) is 14.6. The standard InChI is InChI=1S/2C4H4N2O2.ClH/c2*5-4(7)3-1-6-2-8-3;/h2*1-2H,(H2,5,7);1H. The second-order valence-corrected chi connectivity index (χ2v) is 2.46. The monoisotopic (exact) mass is 260 g/mol. The first-order valence-electron chi connectivity index (χ1n) is 3.98. The number of halogens is 1. The summed E-state index contributed by atoms with van der Waals surface area (Å²) < 4.78 is 9.02. The van der Waals surface area contributed by atoms with Crippen molar-refractivity contribution < 1.29 is 18.4 Å². The number of amides is 2. The third-order valence-electron chi connectivity index (χ3n) is 1.35. The van der Waals surface area contributed by atoms with Gasteiger partial charge in [-0.2, -0.15) is 0 Å². The molecule has 2 amide bonds. The quantitative estimate of drug-likeness (QED) is 0.777. The summed E-state index contributed by atoms with van der Waals surface area (Å²) in [5, 5.41) is 0. The Balaban J connectivity index is 0.000000284. The Morgan fingerprint density at radius 1 is 0.941 bits per heavy atom. The molecule has 2 aromatic rings. The highest BCUT2D eigenvalue weighted by Crippen LogP contribution is 1.92. The summed E-state index contributed by atoms with van der Waals surface area (Å²) >= 11 is 0. The highest BCUT2D eigenvalue weighted by atomic mass is 35.5. The van der Waals surface area contributed by atoms with Gasteiger partial charge in [0.15, 0.2) is 12.8 Å². The van der Waals surface area contributed by atoms with Gasteiger partial charge in [-0.15, -0.1) is 12.4 Å². The number of hydrogen-bond donors (Lipinski definition) is 2. The molecule has 0 fully saturated rings. The van der Waals surface area contributed by atoms with E-state index in [1.807, 2.05) is 0 Å². The third-order valence-corrected chi connectivity index (χ3v) is 1.35. The van der Waals surface area contributed by atoms with Crippen molar-refractivity contribution in [2.24, 2.45) is 11.5 Å². The molecule has 92 valence electrons. The van der Waals surface area contributed by atoms with E-state index in [2.05, 4.69) is 18.8 Å². The summed E-state index contributed by atoms with van der Waals surface area (Å²) in [5.41, 5.74) is 9.57. The van der Waals surface area contributed by atoms with Gasteiger partial charge in [-0.05, 0) is 0 Å². The van der Waals surface area contributed by atoms with Crippen LogP contribution in [0.1, 0.15) is 21.1 Å². The summed E-state index contributed by atoms with van der Waals surface area (Å²) in [7, 11) is 0. The minimum absolute atomic E-state index is 0. The maximum atomic E-state index is 10.2. The van der Waals surface area contributed by atoms with Gasteiger partial charge in [0.2, 0.25) is 11.5 Å². The SMILES string of the molecule is Cl.NC(=O)c1cnco1.NC(=O)c1cnco1. The van der Waals surface area contributed by atoms with Gasteiger partial charge in [-0.1, -0.05) is 0 Å². The molecule has 2 aromatic heterocycles. The number of nitrogens with two attached hydrogens (primary N) is 2. The normalized spacial score (nSPS) is 8.47. The van der Waals surface area contributed by atoms with Crippen molar-refractivity contribution in [1.29, 1.82) is 0 Å². The predicted octanol–water partition coefficient (Wildman–Crippen LogP) is -0.0312. The van der Waals surface area contributed by atoms with Gasteiger partial charge in [0.25, 0.3) is 11.8 Å². The van der Waals surface area contributed by atoms with E-state index in [1.54, 1.807) is 0 Å². The number of rotatable bonds is 2. The van der Waals surface area contributed by atoms with Crippen molar-refractivity contribution >= 4 is 24.2 Å². The van der Waals surface area contributed by atoms with E-state index in [1.165, 1.54) is 12.4 Å². The van der Waals surface area contributed by atoms with Crippen molar-refractivity contribution in [2.45, 2.75) is 0 Å². The first-order chi connectivity index (χ1) is 7.61. The lowest BCUT2D eigenvalue weighted by Crippen LogP contribution is -2.09. The molecule has 2 heterocycles. The number of primary amides is 2. The van der Waals surface area contributed by atoms with Crippen LogP contribution in [0.2, 0.25) is 0 Å². The van der Waals surface area contributed by atoms with Crippen LogP contribution in [-0.2, 0) is 0 Å². The summed E-state index contributed by atoms with van der Waals surface area (Å²) in [6, 6.07) is 0. The Kier molecular flexibility index (Phi) is 6.04. The molecule has 0 aliphatic heterocycles. The highest BCUT2D eigenvalue weighted by Gasteiger charge is 2.00. The fourth-order valence-electron chi connectivity index (χ4n) is 0.675. The second kappa shape index (κ2) is 7.01. The van der Waals surface area contributed by atoms with Crippen LogP contribution in [0.5, 0.6) is 0 Å². The lowest BCUT2D eigenvalue weighted by Gasteiger charge is -1.78. The molecule has 0 saturated carbocycles. The summed E-state index contributed by atoms with van der Waals surface area (Å²) in [5.74, 6) is -1.01. The van der Waals surface area contributed by atoms with Crippen LogP contribution in [0, 0.1) is 0 Å². The maximum absolute atomic E-state index is 10.2. The van der Waals surface area contributed by atoms with E-state index in [-0.39, 0.29) is 23.9 Å². The topological polar surface area (TPSA) is 138 Å². The Bertz CT molecular complexity index is 410. The molecular weight excluding hydrogens is 252 g/mol. The molecule has 0 radical (unpaired) electrons. The first-order valence-corrected chi connectivity index (χ1v) is 3.98. The molecule has 2 rings (SSSR count). The van der Waals surface area contributed by atoms with Crippen molar-refractivity contribution in [3.8, 4) is 0 Å². The zero-order valence-electron chi connectivity index (χ0n) is 8.40. The van der Waals surface area contributed by atoms with E-state index in [0.29, 0.717) is 0 Å². The summed E-state index contributed by atoms with van der Waals surface area (Å²) in [6.07, 6.45) is 4.84. The van der Waals surface area contributed by atoms with Crippen LogP contribution in [0.15, 0.2) is 34.0 Å². The molecule has 0 spiro atoms. The average molecular weight is 261 g/mol. The number of aromatic nitrogens is 2. The zero-order chi connectivity index (χ0) is 12.0. The minimum atomic E-state index is -0.595. The minimum Gasteiger partial charge on any atom is -0.438 e. The molecule has 9 heteroatoms. The lowest BCUT2D eigenvalue weighted by molar-refractivity contribution is 0.0966. The van der Waals surface area contributed by atoms with E-state index >= 15 is 0 Å². The average Bonchev–Trinajstić information content (AvgIpc) is 2.93. The van der Waals surface area contributed by atoms with Crippen molar-refractivity contribution in [1.82, 2.24) is 9.97 Å². The van der Waals surface area contributed by atoms with Gasteiger partial charge < -0.3 is 20.3 Å². The molecule has 0 saturated heterocycles. The predicted molar refractivity (Wildman–Crippen MR) is 57.3 cm³/mol. The molecule has 0 unspecified atom stereocenters. The van der Waals surface area contributed by atoms with Gasteiger partial charge in [0.1, 0.15) is 0 Å². The molecule has 0 aliphatic carbocycles. The summed E-state index contributed by atoms with van der Waals surface area (Å²) in [6.45, 7) is 0. The van der Waals surface area contributed by atoms with Crippen LogP contribution in [0.25, 0.3) is 0 Å². The zero-order valence-corrected chi connectivity index (χ0v) is 9.22. The molecule has 0 bridgehead atoms. The van der Waals surface area contributed by atoms with Gasteiger partial charge >= 0.3 is 0 Å². The van der Waals surface area contributed by atoms with E-state index in [9.17, 15) is 9.59 Å². The van der Waals surface area contributed by atoms with Crippen LogP contribution in [0.4, 0.5) is 0 Å². The van der Waals surface area contributed by atoms with Crippen LogP contribution >= 0.6 is 12.4 Å². The fraction of sp³-hybridized carbons (Fsp3) is 0. The van der Waals surface area contributed by atoms with Crippen molar-refractivity contribution in [3.05, 3.63) is 36.7 Å². The smallest absolute Gasteiger partial charge is 0.286 e. The number of nitrogens with zero attached hydrogens (tertiary/aromatic N) is 2. The molecule has 0 aromatic carbocycles. The molecule has 4 N–H and O–H groups in total. The summed E-state index contributed by atoms with van der Waals surface area (Å²) in [4.78, 5) is 27.3. The Labute approximate surface area is 101 Å². The maximum Gasteiger partial charge on any atom is 0.286 e. The Morgan fingerprint density at radius 2 is 1.29 bits per heavy atom. The van der Waals surface area contributed by atoms with Gasteiger partial charge in [-0.3, -0.25) is 9.59 Å². The van der Waals surface area contributed by atoms with Crippen molar-refractivity contribution in [2.75, 3.05) is 0 Å². The lowest BCUT2D eigenvalue weighted by atomic mass is 10.5. The fourth-order valence-corrected chi connectivity index (χ4v) is 0.675. The number of hydrogen-bond acceptors (Lipinski definition) is 6. The highest BCUT2D eigenvalue weighted by molar-refractivity contribution is 5.89. The van der Waals surface area contributed by atoms with E-state index < -0.39 is 11.8 Å². The van der Waals surface area contributed by atoms with Crippen LogP contribution in [0.3, 0.4) is 0 Å². The molecular formula is C8H9ClN4O4. The molecule has 0 aliphatic rings.